The molecule has 0 radical (unpaired) electrons. The number of hydrogen-bond acceptors (Lipinski definition) is 18. The van der Waals surface area contributed by atoms with Gasteiger partial charge in [0.2, 0.25) is 12.0 Å². The average Bonchev–Trinajstić information content (AvgIpc) is 3.19. The maximum absolute atomic E-state index is 13.2. The minimum atomic E-state index is -1.91. The van der Waals surface area contributed by atoms with Crippen molar-refractivity contribution in [2.45, 2.75) is 49.3 Å². The second-order valence-corrected chi connectivity index (χ2v) is 13.8. The number of aliphatic hydroxyl groups is 5. The maximum Gasteiger partial charge on any atom is 0.229 e. The standard InChI is InChI=1S/C40H36O18/c1-52-27-6-15(7-28(53-2)32(27)48)37-39(58-40-35(51)34(50)33(49)29(13-41)56-40)18-11-26(54-24-8-16(42)9-25(55-37)30(18)24)31-22(46)12-20(44)17-10-23(47)36(57-38(17)31)14-3-4-19(43)21(45)5-14/h3-9,11-12,23,29,33-36,40-41,43-51H,10,13H2,1-2H3/t23-,29-,33-,34+,35-,36-,40+/m1/s1. The summed E-state index contributed by atoms with van der Waals surface area (Å²) < 4.78 is 41.5. The minimum Gasteiger partial charge on any atom is -0.507 e. The van der Waals surface area contributed by atoms with Crippen LogP contribution in [0, 0.1) is 0 Å². The molecule has 1 saturated heterocycles. The lowest BCUT2D eigenvalue weighted by Crippen LogP contribution is -2.60. The summed E-state index contributed by atoms with van der Waals surface area (Å²) in [6.45, 7) is -0.780. The fraction of sp³-hybridized carbons (Fsp3) is 0.275. The van der Waals surface area contributed by atoms with Gasteiger partial charge in [-0.25, -0.2) is 0 Å². The first kappa shape index (κ1) is 38.5. The average molecular weight is 805 g/mol. The first-order valence-electron chi connectivity index (χ1n) is 17.6. The molecule has 0 amide bonds. The number of aromatic hydroxyl groups is 5. The predicted octanol–water partition coefficient (Wildman–Crippen LogP) is 2.63. The number of phenols is 5. The summed E-state index contributed by atoms with van der Waals surface area (Å²) in [5.74, 6) is -3.26. The Morgan fingerprint density at radius 3 is 2.10 bits per heavy atom. The van der Waals surface area contributed by atoms with E-state index in [1.54, 1.807) is 0 Å². The van der Waals surface area contributed by atoms with Crippen molar-refractivity contribution in [3.63, 3.8) is 0 Å². The molecule has 2 aromatic heterocycles. The molecule has 2 aliphatic rings. The number of phenolic OH excluding ortho intramolecular Hbond substituents is 5. The second kappa shape index (κ2) is 14.5. The third-order valence-electron chi connectivity index (χ3n) is 10.2. The van der Waals surface area contributed by atoms with Gasteiger partial charge in [0.15, 0.2) is 39.9 Å². The molecule has 0 unspecified atom stereocenters. The molecular weight excluding hydrogens is 768 g/mol. The molecule has 1 fully saturated rings. The third kappa shape index (κ3) is 6.28. The van der Waals surface area contributed by atoms with Gasteiger partial charge in [0, 0.05) is 41.1 Å². The van der Waals surface area contributed by atoms with Gasteiger partial charge in [-0.2, -0.15) is 0 Å². The normalized spacial score (nSPS) is 23.1. The molecule has 6 aromatic rings. The Morgan fingerprint density at radius 2 is 1.45 bits per heavy atom. The van der Waals surface area contributed by atoms with E-state index in [9.17, 15) is 55.9 Å². The van der Waals surface area contributed by atoms with Crippen LogP contribution in [0.15, 0.2) is 68.2 Å². The summed E-state index contributed by atoms with van der Waals surface area (Å²) >= 11 is 0. The number of benzene rings is 4. The van der Waals surface area contributed by atoms with Gasteiger partial charge in [-0.15, -0.1) is 0 Å². The topological polar surface area (TPSA) is 292 Å². The highest BCUT2D eigenvalue weighted by Gasteiger charge is 2.45. The summed E-state index contributed by atoms with van der Waals surface area (Å²) in [6, 6.07) is 11.1. The van der Waals surface area contributed by atoms with Crippen LogP contribution in [-0.2, 0) is 11.2 Å². The largest absolute Gasteiger partial charge is 0.507 e. The lowest BCUT2D eigenvalue weighted by Gasteiger charge is -2.39. The van der Waals surface area contributed by atoms with Crippen LogP contribution in [-0.4, -0.2) is 109 Å². The van der Waals surface area contributed by atoms with E-state index in [1.165, 1.54) is 50.6 Å². The van der Waals surface area contributed by atoms with Gasteiger partial charge in [-0.3, -0.25) is 4.79 Å². The van der Waals surface area contributed by atoms with E-state index < -0.39 is 77.9 Å². The summed E-state index contributed by atoms with van der Waals surface area (Å²) in [6.07, 6.45) is -11.4. The minimum absolute atomic E-state index is 0.0570. The van der Waals surface area contributed by atoms with Crippen LogP contribution in [0.1, 0.15) is 17.2 Å². The highest BCUT2D eigenvalue weighted by molar-refractivity contribution is 6.10. The molecule has 18 nitrogen and oxygen atoms in total. The molecule has 2 aliphatic heterocycles. The van der Waals surface area contributed by atoms with Crippen LogP contribution in [0.4, 0.5) is 0 Å². The molecule has 10 N–H and O–H groups in total. The fourth-order valence-electron chi connectivity index (χ4n) is 7.30. The van der Waals surface area contributed by atoms with Crippen LogP contribution in [0.5, 0.6) is 51.7 Å². The first-order chi connectivity index (χ1) is 27.7. The van der Waals surface area contributed by atoms with E-state index >= 15 is 0 Å². The van der Waals surface area contributed by atoms with E-state index in [2.05, 4.69) is 0 Å². The van der Waals surface area contributed by atoms with Gasteiger partial charge in [0.1, 0.15) is 70.3 Å². The molecule has 4 aromatic carbocycles. The molecule has 8 rings (SSSR count). The van der Waals surface area contributed by atoms with Crippen molar-refractivity contribution in [2.75, 3.05) is 20.8 Å². The lowest BCUT2D eigenvalue weighted by atomic mass is 9.91. The van der Waals surface area contributed by atoms with Crippen LogP contribution >= 0.6 is 0 Å². The number of hydrogen-bond donors (Lipinski definition) is 10. The van der Waals surface area contributed by atoms with Crippen LogP contribution < -0.4 is 24.4 Å². The van der Waals surface area contributed by atoms with Crippen molar-refractivity contribution >= 4 is 21.9 Å². The quantitative estimate of drug-likeness (QED) is 0.0989. The molecule has 7 atom stereocenters. The molecular formula is C40H36O18. The fourth-order valence-corrected chi connectivity index (χ4v) is 7.30. The molecule has 0 aliphatic carbocycles. The number of ether oxygens (including phenoxy) is 5. The van der Waals surface area contributed by atoms with Gasteiger partial charge < -0.3 is 83.6 Å². The molecule has 18 heteroatoms. The monoisotopic (exact) mass is 804 g/mol. The first-order valence-corrected chi connectivity index (χ1v) is 17.6. The van der Waals surface area contributed by atoms with Crippen LogP contribution in [0.3, 0.4) is 0 Å². The van der Waals surface area contributed by atoms with E-state index in [0.29, 0.717) is 0 Å². The second-order valence-electron chi connectivity index (χ2n) is 13.8. The van der Waals surface area contributed by atoms with Crippen molar-refractivity contribution < 1.29 is 83.6 Å². The Bertz CT molecular complexity index is 2600. The zero-order chi connectivity index (χ0) is 41.3. The molecule has 0 spiro atoms. The maximum atomic E-state index is 13.2. The number of fused-ring (bicyclic) bond motifs is 1. The predicted molar refractivity (Wildman–Crippen MR) is 198 cm³/mol. The number of rotatable bonds is 8. The molecule has 304 valence electrons. The Morgan fingerprint density at radius 1 is 0.759 bits per heavy atom. The van der Waals surface area contributed by atoms with Crippen molar-refractivity contribution in [1.29, 1.82) is 0 Å². The zero-order valence-electron chi connectivity index (χ0n) is 30.4. The van der Waals surface area contributed by atoms with E-state index in [-0.39, 0.29) is 90.9 Å². The van der Waals surface area contributed by atoms with Crippen LogP contribution in [0.2, 0.25) is 0 Å². The molecule has 0 saturated carbocycles. The Hall–Kier alpha value is -6.41. The summed E-state index contributed by atoms with van der Waals surface area (Å²) in [5.41, 5.74) is -0.532. The van der Waals surface area contributed by atoms with E-state index in [4.69, 9.17) is 32.5 Å². The van der Waals surface area contributed by atoms with Gasteiger partial charge in [-0.1, -0.05) is 6.07 Å². The molecule has 58 heavy (non-hydrogen) atoms. The highest BCUT2D eigenvalue weighted by atomic mass is 16.7. The number of aliphatic hydroxyl groups excluding tert-OH is 5. The Balaban J connectivity index is 1.41. The Labute approximate surface area is 325 Å². The van der Waals surface area contributed by atoms with Crippen molar-refractivity contribution in [3.8, 4) is 74.4 Å². The zero-order valence-corrected chi connectivity index (χ0v) is 30.4. The SMILES string of the molecule is COc1cc(-c2oc3cc(=O)cc4oc(-c5c(O)cc(O)c6c5O[C@H](c5ccc(O)c(O)c5)[C@H](O)C6)cc(c2O[C@@H]2O[C@H](CO)[C@@H](O)[C@H](O)[C@H]2O)c43)cc(OC)c1O. The Kier molecular flexibility index (Phi) is 9.62. The summed E-state index contributed by atoms with van der Waals surface area (Å²) in [4.78, 5) is 13.2. The van der Waals surface area contributed by atoms with Crippen molar-refractivity contribution in [2.24, 2.45) is 0 Å². The van der Waals surface area contributed by atoms with Crippen LogP contribution in [0.25, 0.3) is 44.6 Å². The van der Waals surface area contributed by atoms with Gasteiger partial charge >= 0.3 is 0 Å². The number of methoxy groups -OCH3 is 2. The lowest BCUT2D eigenvalue weighted by molar-refractivity contribution is -0.277. The van der Waals surface area contributed by atoms with Gasteiger partial charge in [-0.05, 0) is 35.9 Å². The summed E-state index contributed by atoms with van der Waals surface area (Å²) in [7, 11) is 2.57. The summed E-state index contributed by atoms with van der Waals surface area (Å²) in [5, 5.41) is 107. The highest BCUT2D eigenvalue weighted by Crippen LogP contribution is 2.53. The third-order valence-corrected chi connectivity index (χ3v) is 10.2. The van der Waals surface area contributed by atoms with E-state index in [0.717, 1.165) is 18.2 Å². The molecule has 0 bridgehead atoms. The molecule has 4 heterocycles. The van der Waals surface area contributed by atoms with Crippen molar-refractivity contribution in [3.05, 3.63) is 75.9 Å². The van der Waals surface area contributed by atoms with Gasteiger partial charge in [0.25, 0.3) is 0 Å². The van der Waals surface area contributed by atoms with Crippen molar-refractivity contribution in [1.82, 2.24) is 0 Å². The van der Waals surface area contributed by atoms with E-state index in [1.807, 2.05) is 0 Å². The van der Waals surface area contributed by atoms with Gasteiger partial charge in [0.05, 0.1) is 32.3 Å². The smallest absolute Gasteiger partial charge is 0.229 e.